The minimum Gasteiger partial charge on any atom is -0.490 e. The van der Waals surface area contributed by atoms with Crippen LogP contribution in [-0.2, 0) is 4.79 Å². The normalized spacial score (nSPS) is 15.4. The Morgan fingerprint density at radius 2 is 2.07 bits per heavy atom. The Bertz CT molecular complexity index is 1050. The molecule has 1 aliphatic carbocycles. The van der Waals surface area contributed by atoms with E-state index in [2.05, 4.69) is 4.98 Å². The van der Waals surface area contributed by atoms with Gasteiger partial charge in [0.15, 0.2) is 11.5 Å². The number of fused-ring (bicyclic) bond motifs is 1. The van der Waals surface area contributed by atoms with Crippen molar-refractivity contribution in [2.45, 2.75) is 51.2 Å². The van der Waals surface area contributed by atoms with Gasteiger partial charge < -0.3 is 24.8 Å². The first-order valence-electron chi connectivity index (χ1n) is 10.5. The summed E-state index contributed by atoms with van der Waals surface area (Å²) in [5.74, 6) is 0.830. The SMILES string of the molecule is CCOc1cc(C(CC(N)=O)n2cc3[nH]cccc-3c2=O)ccc1OC1CCCC1. The fourth-order valence-corrected chi connectivity index (χ4v) is 4.16. The zero-order valence-electron chi connectivity index (χ0n) is 17.1. The number of carbonyl (C=O) groups excluding carboxylic acids is 1. The largest absolute Gasteiger partial charge is 0.490 e. The van der Waals surface area contributed by atoms with E-state index in [1.807, 2.05) is 25.1 Å². The van der Waals surface area contributed by atoms with Gasteiger partial charge in [-0.3, -0.25) is 9.59 Å². The lowest BCUT2D eigenvalue weighted by Crippen LogP contribution is -2.26. The fraction of sp³-hybridized carbons (Fsp3) is 0.391. The summed E-state index contributed by atoms with van der Waals surface area (Å²) in [5, 5.41) is 0. The van der Waals surface area contributed by atoms with E-state index in [1.165, 1.54) is 12.8 Å². The molecule has 1 fully saturated rings. The third-order valence-corrected chi connectivity index (χ3v) is 5.60. The van der Waals surface area contributed by atoms with Crippen LogP contribution in [0.2, 0.25) is 0 Å². The highest BCUT2D eigenvalue weighted by atomic mass is 16.5. The quantitative estimate of drug-likeness (QED) is 0.595. The molecule has 0 spiro atoms. The Labute approximate surface area is 175 Å². The molecule has 7 nitrogen and oxygen atoms in total. The fourth-order valence-electron chi connectivity index (χ4n) is 4.16. The van der Waals surface area contributed by atoms with Crippen molar-refractivity contribution in [2.24, 2.45) is 5.73 Å². The van der Waals surface area contributed by atoms with E-state index >= 15 is 0 Å². The molecule has 3 N–H and O–H groups in total. The van der Waals surface area contributed by atoms with Crippen molar-refractivity contribution in [3.05, 3.63) is 58.6 Å². The van der Waals surface area contributed by atoms with Crippen LogP contribution < -0.4 is 20.8 Å². The number of H-pyrrole nitrogens is 1. The maximum absolute atomic E-state index is 13.0. The van der Waals surface area contributed by atoms with E-state index in [1.54, 1.807) is 29.1 Å². The number of ether oxygens (including phenoxy) is 2. The molecule has 30 heavy (non-hydrogen) atoms. The van der Waals surface area contributed by atoms with E-state index < -0.39 is 11.9 Å². The summed E-state index contributed by atoms with van der Waals surface area (Å²) in [4.78, 5) is 27.9. The summed E-state index contributed by atoms with van der Waals surface area (Å²) in [7, 11) is 0. The third kappa shape index (κ3) is 4.06. The molecule has 0 radical (unpaired) electrons. The van der Waals surface area contributed by atoms with Gasteiger partial charge in [0.25, 0.3) is 5.56 Å². The zero-order valence-corrected chi connectivity index (χ0v) is 17.1. The first kappa shape index (κ1) is 20.1. The Morgan fingerprint density at radius 1 is 1.27 bits per heavy atom. The first-order chi connectivity index (χ1) is 14.6. The van der Waals surface area contributed by atoms with Crippen molar-refractivity contribution < 1.29 is 14.3 Å². The minimum atomic E-state index is -0.532. The van der Waals surface area contributed by atoms with Crippen LogP contribution in [0.1, 0.15) is 50.6 Å². The van der Waals surface area contributed by atoms with Gasteiger partial charge in [0.2, 0.25) is 5.91 Å². The molecule has 0 aromatic heterocycles. The van der Waals surface area contributed by atoms with Crippen LogP contribution in [0.25, 0.3) is 11.3 Å². The second-order valence-corrected chi connectivity index (χ2v) is 7.69. The first-order valence-corrected chi connectivity index (χ1v) is 10.5. The van der Waals surface area contributed by atoms with Crippen molar-refractivity contribution in [3.8, 4) is 22.8 Å². The molecule has 0 saturated heterocycles. The summed E-state index contributed by atoms with van der Waals surface area (Å²) in [6.45, 7) is 2.40. The molecule has 2 heterocycles. The molecule has 4 rings (SSSR count). The molecule has 7 heteroatoms. The number of aromatic amines is 1. The van der Waals surface area contributed by atoms with Crippen LogP contribution in [0.15, 0.2) is 47.5 Å². The van der Waals surface area contributed by atoms with Gasteiger partial charge in [-0.2, -0.15) is 0 Å². The summed E-state index contributed by atoms with van der Waals surface area (Å²) in [6, 6.07) is 8.61. The van der Waals surface area contributed by atoms with E-state index in [0.717, 1.165) is 18.4 Å². The number of aromatic nitrogens is 2. The van der Waals surface area contributed by atoms with Crippen LogP contribution in [0.4, 0.5) is 0 Å². The predicted octanol–water partition coefficient (Wildman–Crippen LogP) is 3.47. The van der Waals surface area contributed by atoms with Gasteiger partial charge in [0.05, 0.1) is 36.4 Å². The number of nitrogens with zero attached hydrogens (tertiary/aromatic N) is 1. The summed E-state index contributed by atoms with van der Waals surface area (Å²) >= 11 is 0. The molecular formula is C23H27N3O4. The molecule has 1 unspecified atom stereocenters. The molecule has 2 aliphatic heterocycles. The topological polar surface area (TPSA) is 99.3 Å². The van der Waals surface area contributed by atoms with Gasteiger partial charge in [-0.05, 0) is 62.4 Å². The summed E-state index contributed by atoms with van der Waals surface area (Å²) in [6.07, 6.45) is 8.15. The maximum atomic E-state index is 13.0. The molecular weight excluding hydrogens is 382 g/mol. The number of nitrogens with two attached hydrogens (primary N) is 1. The number of primary amides is 1. The second-order valence-electron chi connectivity index (χ2n) is 7.69. The van der Waals surface area contributed by atoms with Gasteiger partial charge in [0, 0.05) is 12.4 Å². The third-order valence-electron chi connectivity index (χ3n) is 5.60. The molecule has 3 aliphatic rings. The van der Waals surface area contributed by atoms with Crippen LogP contribution >= 0.6 is 0 Å². The number of amides is 1. The van der Waals surface area contributed by atoms with Crippen LogP contribution in [0, 0.1) is 0 Å². The second kappa shape index (κ2) is 8.65. The van der Waals surface area contributed by atoms with Crippen LogP contribution in [-0.4, -0.2) is 28.2 Å². The highest BCUT2D eigenvalue weighted by Gasteiger charge is 2.25. The van der Waals surface area contributed by atoms with Gasteiger partial charge in [0.1, 0.15) is 0 Å². The predicted molar refractivity (Wildman–Crippen MR) is 114 cm³/mol. The number of carbonyl (C=O) groups is 1. The van der Waals surface area contributed by atoms with Gasteiger partial charge in [-0.25, -0.2) is 0 Å². The summed E-state index contributed by atoms with van der Waals surface area (Å²) in [5.41, 5.74) is 7.41. The highest BCUT2D eigenvalue weighted by Crippen LogP contribution is 2.36. The number of hydrogen-bond donors (Lipinski definition) is 2. The molecule has 0 bridgehead atoms. The average molecular weight is 409 g/mol. The number of benzene rings is 1. The maximum Gasteiger partial charge on any atom is 0.260 e. The van der Waals surface area contributed by atoms with Gasteiger partial charge >= 0.3 is 0 Å². The Kier molecular flexibility index (Phi) is 5.79. The lowest BCUT2D eigenvalue weighted by atomic mass is 10.0. The minimum absolute atomic E-state index is 0.00459. The van der Waals surface area contributed by atoms with Crippen LogP contribution in [0.5, 0.6) is 11.5 Å². The number of rotatable bonds is 8. The van der Waals surface area contributed by atoms with Crippen LogP contribution in [0.3, 0.4) is 0 Å². The smallest absolute Gasteiger partial charge is 0.260 e. The van der Waals surface area contributed by atoms with Crippen molar-refractivity contribution in [2.75, 3.05) is 6.61 Å². The Hall–Kier alpha value is -3.22. The molecule has 1 aromatic rings. The van der Waals surface area contributed by atoms with Crippen molar-refractivity contribution in [1.29, 1.82) is 0 Å². The van der Waals surface area contributed by atoms with E-state index in [-0.39, 0.29) is 18.1 Å². The molecule has 1 atom stereocenters. The van der Waals surface area contributed by atoms with Gasteiger partial charge in [-0.1, -0.05) is 6.07 Å². The molecule has 1 saturated carbocycles. The van der Waals surface area contributed by atoms with E-state index in [9.17, 15) is 9.59 Å². The van der Waals surface area contributed by atoms with E-state index in [4.69, 9.17) is 15.2 Å². The van der Waals surface area contributed by atoms with E-state index in [0.29, 0.717) is 29.4 Å². The van der Waals surface area contributed by atoms with Crippen molar-refractivity contribution >= 4 is 5.91 Å². The molecule has 158 valence electrons. The monoisotopic (exact) mass is 409 g/mol. The Balaban J connectivity index is 1.74. The average Bonchev–Trinajstić information content (AvgIpc) is 3.36. The number of pyridine rings is 1. The highest BCUT2D eigenvalue weighted by molar-refractivity contribution is 5.75. The number of nitrogens with one attached hydrogen (secondary N) is 1. The lowest BCUT2D eigenvalue weighted by Gasteiger charge is -2.21. The zero-order chi connectivity index (χ0) is 21.1. The lowest BCUT2D eigenvalue weighted by molar-refractivity contribution is -0.118. The summed E-state index contributed by atoms with van der Waals surface area (Å²) < 4.78 is 13.6. The molecule has 1 aromatic carbocycles. The Morgan fingerprint density at radius 3 is 2.77 bits per heavy atom. The van der Waals surface area contributed by atoms with Crippen molar-refractivity contribution in [3.63, 3.8) is 0 Å². The van der Waals surface area contributed by atoms with Gasteiger partial charge in [-0.15, -0.1) is 0 Å². The van der Waals surface area contributed by atoms with Crippen molar-refractivity contribution in [1.82, 2.24) is 9.55 Å². The number of hydrogen-bond acceptors (Lipinski definition) is 4. The molecule has 1 amide bonds. The standard InChI is InChI=1S/C23H27N3O4/c1-2-29-21-12-15(9-10-20(21)30-16-6-3-4-7-16)19(13-22(24)27)26-14-18-17(23(26)28)8-5-11-25-18/h5,8-12,14,16,19,25H,2-4,6-7,13H2,1H3,(H2,24,27).